The average molecular weight is 327 g/mol. The minimum Gasteiger partial charge on any atom is -0.497 e. The van der Waals surface area contributed by atoms with E-state index < -0.39 is 0 Å². The standard InChI is InChI=1S/C18H21N3O3/c1-12-9-20-16(10-19-12)18(22)21-7-6-13(11-21)15-8-14(23-2)4-5-17(15)24-3/h4-5,8-10,13H,6-7,11H2,1-3H3. The van der Waals surface area contributed by atoms with Gasteiger partial charge in [-0.1, -0.05) is 0 Å². The van der Waals surface area contributed by atoms with Crippen LogP contribution in [0.4, 0.5) is 0 Å². The molecule has 0 saturated carbocycles. The molecule has 6 heteroatoms. The van der Waals surface area contributed by atoms with Gasteiger partial charge in [-0.3, -0.25) is 9.78 Å². The summed E-state index contributed by atoms with van der Waals surface area (Å²) < 4.78 is 10.8. The van der Waals surface area contributed by atoms with Crippen LogP contribution in [0, 0.1) is 6.92 Å². The van der Waals surface area contributed by atoms with Crippen LogP contribution in [0.5, 0.6) is 11.5 Å². The molecule has 0 radical (unpaired) electrons. The number of hydrogen-bond donors (Lipinski definition) is 0. The summed E-state index contributed by atoms with van der Waals surface area (Å²) in [6.45, 7) is 3.18. The normalized spacial score (nSPS) is 17.0. The number of rotatable bonds is 4. The second kappa shape index (κ2) is 6.86. The topological polar surface area (TPSA) is 64.6 Å². The second-order valence-electron chi connectivity index (χ2n) is 5.89. The van der Waals surface area contributed by atoms with Gasteiger partial charge < -0.3 is 14.4 Å². The number of carbonyl (C=O) groups excluding carboxylic acids is 1. The first-order valence-corrected chi connectivity index (χ1v) is 7.92. The van der Waals surface area contributed by atoms with Crippen LogP contribution in [0.3, 0.4) is 0 Å². The smallest absolute Gasteiger partial charge is 0.274 e. The van der Waals surface area contributed by atoms with Crippen molar-refractivity contribution in [2.75, 3.05) is 27.3 Å². The van der Waals surface area contributed by atoms with Crippen LogP contribution in [0.1, 0.15) is 34.1 Å². The zero-order chi connectivity index (χ0) is 17.1. The molecule has 0 spiro atoms. The molecule has 0 bridgehead atoms. The van der Waals surface area contributed by atoms with Crippen LogP contribution in [-0.2, 0) is 0 Å². The van der Waals surface area contributed by atoms with Crippen molar-refractivity contribution in [3.8, 4) is 11.5 Å². The van der Waals surface area contributed by atoms with Crippen molar-refractivity contribution in [2.45, 2.75) is 19.3 Å². The first-order valence-electron chi connectivity index (χ1n) is 7.92. The number of nitrogens with zero attached hydrogens (tertiary/aromatic N) is 3. The summed E-state index contributed by atoms with van der Waals surface area (Å²) in [4.78, 5) is 22.7. The van der Waals surface area contributed by atoms with Crippen molar-refractivity contribution in [1.29, 1.82) is 0 Å². The molecule has 24 heavy (non-hydrogen) atoms. The number of likely N-dealkylation sites (tertiary alicyclic amines) is 1. The Balaban J connectivity index is 1.78. The molecule has 1 fully saturated rings. The van der Waals surface area contributed by atoms with Crippen molar-refractivity contribution in [3.05, 3.63) is 47.5 Å². The Morgan fingerprint density at radius 2 is 2.04 bits per heavy atom. The SMILES string of the molecule is COc1ccc(OC)c(C2CCN(C(=O)c3cnc(C)cn3)C2)c1. The van der Waals surface area contributed by atoms with Gasteiger partial charge in [0, 0.05) is 30.8 Å². The molecule has 1 atom stereocenters. The predicted molar refractivity (Wildman–Crippen MR) is 89.6 cm³/mol. The van der Waals surface area contributed by atoms with Gasteiger partial charge in [0.15, 0.2) is 0 Å². The molecule has 1 aliphatic heterocycles. The predicted octanol–water partition coefficient (Wildman–Crippen LogP) is 2.43. The molecule has 1 unspecified atom stereocenters. The molecule has 6 nitrogen and oxygen atoms in total. The fourth-order valence-electron chi connectivity index (χ4n) is 3.02. The third-order valence-electron chi connectivity index (χ3n) is 4.35. The summed E-state index contributed by atoms with van der Waals surface area (Å²) in [6, 6.07) is 5.77. The molecule has 0 aliphatic carbocycles. The average Bonchev–Trinajstić information content (AvgIpc) is 3.11. The minimum atomic E-state index is -0.0770. The molecule has 1 aromatic carbocycles. The monoisotopic (exact) mass is 327 g/mol. The van der Waals surface area contributed by atoms with Gasteiger partial charge in [0.25, 0.3) is 5.91 Å². The highest BCUT2D eigenvalue weighted by molar-refractivity contribution is 5.92. The molecule has 3 rings (SSSR count). The number of methoxy groups -OCH3 is 2. The zero-order valence-electron chi connectivity index (χ0n) is 14.2. The highest BCUT2D eigenvalue weighted by Crippen LogP contribution is 2.36. The number of ether oxygens (including phenoxy) is 2. The van der Waals surface area contributed by atoms with E-state index in [1.165, 1.54) is 6.20 Å². The molecule has 1 aliphatic rings. The quantitative estimate of drug-likeness (QED) is 0.863. The summed E-state index contributed by atoms with van der Waals surface area (Å²) in [6.07, 6.45) is 4.04. The van der Waals surface area contributed by atoms with Crippen LogP contribution in [0.25, 0.3) is 0 Å². The number of hydrogen-bond acceptors (Lipinski definition) is 5. The molecule has 2 heterocycles. The van der Waals surface area contributed by atoms with Crippen LogP contribution >= 0.6 is 0 Å². The zero-order valence-corrected chi connectivity index (χ0v) is 14.2. The highest BCUT2D eigenvalue weighted by Gasteiger charge is 2.30. The Bertz CT molecular complexity index is 731. The lowest BCUT2D eigenvalue weighted by atomic mass is 9.97. The van der Waals surface area contributed by atoms with E-state index >= 15 is 0 Å². The van der Waals surface area contributed by atoms with Crippen LogP contribution in [0.2, 0.25) is 0 Å². The van der Waals surface area contributed by atoms with E-state index in [0.29, 0.717) is 18.8 Å². The van der Waals surface area contributed by atoms with E-state index in [1.54, 1.807) is 20.4 Å². The fraction of sp³-hybridized carbons (Fsp3) is 0.389. The highest BCUT2D eigenvalue weighted by atomic mass is 16.5. The van der Waals surface area contributed by atoms with Gasteiger partial charge in [-0.05, 0) is 31.5 Å². The van der Waals surface area contributed by atoms with Crippen LogP contribution in [-0.4, -0.2) is 48.1 Å². The lowest BCUT2D eigenvalue weighted by molar-refractivity contribution is 0.0784. The molecule has 0 N–H and O–H groups in total. The molecule has 1 saturated heterocycles. The lowest BCUT2D eigenvalue weighted by Gasteiger charge is -2.18. The fourth-order valence-corrected chi connectivity index (χ4v) is 3.02. The number of aromatic nitrogens is 2. The summed E-state index contributed by atoms with van der Waals surface area (Å²) in [5.74, 6) is 1.76. The molecule has 2 aromatic rings. The number of amides is 1. The van der Waals surface area contributed by atoms with E-state index in [0.717, 1.165) is 29.2 Å². The summed E-state index contributed by atoms with van der Waals surface area (Å²) >= 11 is 0. The second-order valence-corrected chi connectivity index (χ2v) is 5.89. The van der Waals surface area contributed by atoms with Gasteiger partial charge in [-0.25, -0.2) is 4.98 Å². The molecular formula is C18H21N3O3. The van der Waals surface area contributed by atoms with Gasteiger partial charge in [-0.2, -0.15) is 0 Å². The summed E-state index contributed by atoms with van der Waals surface area (Å²) in [7, 11) is 3.30. The first kappa shape index (κ1) is 16.2. The van der Waals surface area contributed by atoms with Crippen LogP contribution < -0.4 is 9.47 Å². The van der Waals surface area contributed by atoms with Gasteiger partial charge in [0.1, 0.15) is 17.2 Å². The maximum absolute atomic E-state index is 12.6. The number of benzene rings is 1. The van der Waals surface area contributed by atoms with E-state index in [-0.39, 0.29) is 11.8 Å². The maximum Gasteiger partial charge on any atom is 0.274 e. The largest absolute Gasteiger partial charge is 0.497 e. The van der Waals surface area contributed by atoms with Crippen molar-refractivity contribution in [2.24, 2.45) is 0 Å². The van der Waals surface area contributed by atoms with Gasteiger partial charge in [0.05, 0.1) is 26.1 Å². The molecule has 126 valence electrons. The Hall–Kier alpha value is -2.63. The summed E-state index contributed by atoms with van der Waals surface area (Å²) in [5.41, 5.74) is 2.26. The Morgan fingerprint density at radius 3 is 2.71 bits per heavy atom. The van der Waals surface area contributed by atoms with E-state index in [1.807, 2.05) is 30.0 Å². The van der Waals surface area contributed by atoms with Crippen LogP contribution in [0.15, 0.2) is 30.6 Å². The van der Waals surface area contributed by atoms with Crippen molar-refractivity contribution in [1.82, 2.24) is 14.9 Å². The van der Waals surface area contributed by atoms with Gasteiger partial charge in [0.2, 0.25) is 0 Å². The lowest BCUT2D eigenvalue weighted by Crippen LogP contribution is -2.29. The Labute approximate surface area is 141 Å². The van der Waals surface area contributed by atoms with E-state index in [9.17, 15) is 4.79 Å². The van der Waals surface area contributed by atoms with Gasteiger partial charge >= 0.3 is 0 Å². The van der Waals surface area contributed by atoms with E-state index in [2.05, 4.69) is 9.97 Å². The third kappa shape index (κ3) is 3.18. The Morgan fingerprint density at radius 1 is 1.21 bits per heavy atom. The molecule has 1 aromatic heterocycles. The Kier molecular flexibility index (Phi) is 4.64. The van der Waals surface area contributed by atoms with Crippen molar-refractivity contribution in [3.63, 3.8) is 0 Å². The molecular weight excluding hydrogens is 306 g/mol. The number of aryl methyl sites for hydroxylation is 1. The maximum atomic E-state index is 12.6. The summed E-state index contributed by atoms with van der Waals surface area (Å²) in [5, 5.41) is 0. The minimum absolute atomic E-state index is 0.0770. The van der Waals surface area contributed by atoms with Crippen molar-refractivity contribution < 1.29 is 14.3 Å². The third-order valence-corrected chi connectivity index (χ3v) is 4.35. The number of carbonyl (C=O) groups is 1. The van der Waals surface area contributed by atoms with E-state index in [4.69, 9.17) is 9.47 Å². The van der Waals surface area contributed by atoms with Crippen molar-refractivity contribution >= 4 is 5.91 Å². The first-order chi connectivity index (χ1) is 11.6. The van der Waals surface area contributed by atoms with Gasteiger partial charge in [-0.15, -0.1) is 0 Å². The molecule has 1 amide bonds.